The maximum absolute atomic E-state index is 9.13. The molecule has 0 aliphatic carbocycles. The molecule has 0 spiro atoms. The van der Waals surface area contributed by atoms with Gasteiger partial charge in [0, 0.05) is 26.2 Å². The van der Waals surface area contributed by atoms with Crippen molar-refractivity contribution in [3.63, 3.8) is 0 Å². The van der Waals surface area contributed by atoms with Crippen LogP contribution in [0.3, 0.4) is 0 Å². The number of piperazine rings is 1. The Labute approximate surface area is 133 Å². The lowest BCUT2D eigenvalue weighted by Gasteiger charge is -2.33. The first kappa shape index (κ1) is 13.9. The van der Waals surface area contributed by atoms with E-state index < -0.39 is 0 Å². The van der Waals surface area contributed by atoms with Gasteiger partial charge in [-0.25, -0.2) is 14.5 Å². The fourth-order valence-electron chi connectivity index (χ4n) is 2.98. The zero-order valence-electron chi connectivity index (χ0n) is 13.2. The molecule has 0 radical (unpaired) electrons. The molecule has 1 saturated heterocycles. The second-order valence-electron chi connectivity index (χ2n) is 5.94. The van der Waals surface area contributed by atoms with E-state index >= 15 is 0 Å². The van der Waals surface area contributed by atoms with Crippen LogP contribution in [0.25, 0.3) is 16.7 Å². The highest BCUT2D eigenvalue weighted by Gasteiger charge is 2.21. The predicted octanol–water partition coefficient (Wildman–Crippen LogP) is 1.21. The molecule has 23 heavy (non-hydrogen) atoms. The minimum Gasteiger partial charge on any atom is -0.351 e. The zero-order chi connectivity index (χ0) is 16.0. The Morgan fingerprint density at radius 3 is 2.65 bits per heavy atom. The summed E-state index contributed by atoms with van der Waals surface area (Å²) in [6.45, 7) is 5.74. The molecule has 0 amide bonds. The number of aryl methyl sites for hydroxylation is 1. The number of hydrogen-bond acceptors (Lipinski definition) is 6. The Morgan fingerprint density at radius 1 is 1.13 bits per heavy atom. The van der Waals surface area contributed by atoms with Gasteiger partial charge in [-0.15, -0.1) is 0 Å². The van der Waals surface area contributed by atoms with Gasteiger partial charge in [0.05, 0.1) is 22.7 Å². The molecule has 116 valence electrons. The predicted molar refractivity (Wildman–Crippen MR) is 87.5 cm³/mol. The molecule has 1 aliphatic rings. The summed E-state index contributed by atoms with van der Waals surface area (Å²) in [5.74, 6) is 1.58. The molecule has 3 heterocycles. The molecule has 7 nitrogen and oxygen atoms in total. The molecular formula is C16H17N7. The molecule has 1 aromatic carbocycles. The Hall–Kier alpha value is -2.72. The van der Waals surface area contributed by atoms with Gasteiger partial charge in [-0.05, 0) is 32.2 Å². The standard InChI is InChI=1S/C16H17N7/c1-11-18-16-15(22-7-5-21(2)6-8-22)19-13-4-3-12(10-17)9-14(13)23(16)20-11/h3-4,9H,5-8H2,1-2H3. The molecule has 0 saturated carbocycles. The molecule has 0 bridgehead atoms. The van der Waals surface area contributed by atoms with Gasteiger partial charge in [0.2, 0.25) is 0 Å². The van der Waals surface area contributed by atoms with E-state index in [0.29, 0.717) is 11.4 Å². The summed E-state index contributed by atoms with van der Waals surface area (Å²) < 4.78 is 1.81. The van der Waals surface area contributed by atoms with Gasteiger partial charge in [-0.2, -0.15) is 10.4 Å². The van der Waals surface area contributed by atoms with Gasteiger partial charge in [0.1, 0.15) is 5.82 Å². The maximum Gasteiger partial charge on any atom is 0.199 e. The van der Waals surface area contributed by atoms with Crippen LogP contribution in [0.2, 0.25) is 0 Å². The second kappa shape index (κ2) is 5.18. The van der Waals surface area contributed by atoms with Crippen LogP contribution in [-0.2, 0) is 0 Å². The van der Waals surface area contributed by atoms with E-state index in [1.807, 2.05) is 23.6 Å². The van der Waals surface area contributed by atoms with Crippen molar-refractivity contribution in [2.24, 2.45) is 0 Å². The second-order valence-corrected chi connectivity index (χ2v) is 5.94. The van der Waals surface area contributed by atoms with E-state index in [0.717, 1.165) is 48.7 Å². The Balaban J connectivity index is 1.95. The highest BCUT2D eigenvalue weighted by Crippen LogP contribution is 2.25. The fourth-order valence-corrected chi connectivity index (χ4v) is 2.98. The summed E-state index contributed by atoms with van der Waals surface area (Å²) in [5.41, 5.74) is 3.00. The third-order valence-corrected chi connectivity index (χ3v) is 4.27. The molecule has 0 atom stereocenters. The van der Waals surface area contributed by atoms with Gasteiger partial charge in [0.15, 0.2) is 11.5 Å². The van der Waals surface area contributed by atoms with E-state index in [2.05, 4.69) is 33.0 Å². The van der Waals surface area contributed by atoms with Crippen molar-refractivity contribution in [3.8, 4) is 6.07 Å². The van der Waals surface area contributed by atoms with Gasteiger partial charge in [-0.3, -0.25) is 0 Å². The molecule has 3 aromatic rings. The monoisotopic (exact) mass is 307 g/mol. The highest BCUT2D eigenvalue weighted by molar-refractivity contribution is 5.83. The summed E-state index contributed by atoms with van der Waals surface area (Å²) in [5, 5.41) is 13.6. The van der Waals surface area contributed by atoms with E-state index in [4.69, 9.17) is 10.2 Å². The minimum atomic E-state index is 0.598. The summed E-state index contributed by atoms with van der Waals surface area (Å²) in [4.78, 5) is 14.0. The molecule has 0 N–H and O–H groups in total. The fraction of sp³-hybridized carbons (Fsp3) is 0.375. The van der Waals surface area contributed by atoms with Crippen LogP contribution in [0, 0.1) is 18.3 Å². The topological polar surface area (TPSA) is 73.4 Å². The first-order valence-electron chi connectivity index (χ1n) is 7.66. The molecule has 7 heteroatoms. The molecular weight excluding hydrogens is 290 g/mol. The van der Waals surface area contributed by atoms with Crippen molar-refractivity contribution >= 4 is 22.5 Å². The first-order chi connectivity index (χ1) is 11.2. The van der Waals surface area contributed by atoms with Gasteiger partial charge >= 0.3 is 0 Å². The number of nitrogens with zero attached hydrogens (tertiary/aromatic N) is 7. The number of rotatable bonds is 1. The van der Waals surface area contributed by atoms with Crippen LogP contribution in [0.1, 0.15) is 11.4 Å². The van der Waals surface area contributed by atoms with Crippen LogP contribution < -0.4 is 4.90 Å². The minimum absolute atomic E-state index is 0.598. The molecule has 1 fully saturated rings. The third-order valence-electron chi connectivity index (χ3n) is 4.27. The van der Waals surface area contributed by atoms with Gasteiger partial charge in [0.25, 0.3) is 0 Å². The normalized spacial score (nSPS) is 16.1. The average Bonchev–Trinajstić information content (AvgIpc) is 2.96. The van der Waals surface area contributed by atoms with Crippen LogP contribution in [0.15, 0.2) is 18.2 Å². The van der Waals surface area contributed by atoms with Crippen molar-refractivity contribution in [1.82, 2.24) is 24.5 Å². The Kier molecular flexibility index (Phi) is 3.13. The maximum atomic E-state index is 9.13. The van der Waals surface area contributed by atoms with Crippen LogP contribution >= 0.6 is 0 Å². The van der Waals surface area contributed by atoms with Crippen LogP contribution in [0.5, 0.6) is 0 Å². The van der Waals surface area contributed by atoms with E-state index in [1.165, 1.54) is 0 Å². The zero-order valence-corrected chi connectivity index (χ0v) is 13.2. The Bertz CT molecular complexity index is 929. The van der Waals surface area contributed by atoms with E-state index in [1.54, 1.807) is 6.07 Å². The quantitative estimate of drug-likeness (QED) is 0.673. The molecule has 1 aliphatic heterocycles. The molecule has 2 aromatic heterocycles. The van der Waals surface area contributed by atoms with Crippen molar-refractivity contribution in [2.75, 3.05) is 38.1 Å². The first-order valence-corrected chi connectivity index (χ1v) is 7.66. The van der Waals surface area contributed by atoms with Crippen LogP contribution in [-0.4, -0.2) is 57.7 Å². The molecule has 0 unspecified atom stereocenters. The van der Waals surface area contributed by atoms with Crippen molar-refractivity contribution < 1.29 is 0 Å². The van der Waals surface area contributed by atoms with E-state index in [-0.39, 0.29) is 0 Å². The smallest absolute Gasteiger partial charge is 0.199 e. The molecule has 4 rings (SSSR count). The number of anilines is 1. The summed E-state index contributed by atoms with van der Waals surface area (Å²) in [6, 6.07) is 7.65. The lowest BCUT2D eigenvalue weighted by atomic mass is 10.2. The van der Waals surface area contributed by atoms with Gasteiger partial charge < -0.3 is 9.80 Å². The van der Waals surface area contributed by atoms with E-state index in [9.17, 15) is 0 Å². The average molecular weight is 307 g/mol. The van der Waals surface area contributed by atoms with Crippen molar-refractivity contribution in [2.45, 2.75) is 6.92 Å². The number of aromatic nitrogens is 4. The summed E-state index contributed by atoms with van der Waals surface area (Å²) in [7, 11) is 2.13. The van der Waals surface area contributed by atoms with Gasteiger partial charge in [-0.1, -0.05) is 0 Å². The number of fused-ring (bicyclic) bond motifs is 3. The number of hydrogen-bond donors (Lipinski definition) is 0. The lowest BCUT2D eigenvalue weighted by molar-refractivity contribution is 0.312. The number of nitriles is 1. The summed E-state index contributed by atoms with van der Waals surface area (Å²) >= 11 is 0. The third kappa shape index (κ3) is 2.28. The largest absolute Gasteiger partial charge is 0.351 e. The van der Waals surface area contributed by atoms with Crippen molar-refractivity contribution in [3.05, 3.63) is 29.6 Å². The summed E-state index contributed by atoms with van der Waals surface area (Å²) in [6.07, 6.45) is 0. The van der Waals surface area contributed by atoms with Crippen molar-refractivity contribution in [1.29, 1.82) is 5.26 Å². The lowest BCUT2D eigenvalue weighted by Crippen LogP contribution is -2.45. The van der Waals surface area contributed by atoms with Crippen LogP contribution in [0.4, 0.5) is 5.82 Å². The number of benzene rings is 1. The SMILES string of the molecule is Cc1nc2c(N3CCN(C)CC3)nc3ccc(C#N)cc3n2n1. The highest BCUT2D eigenvalue weighted by atomic mass is 15.4. The Morgan fingerprint density at radius 2 is 1.91 bits per heavy atom. The number of likely N-dealkylation sites (N-methyl/N-ethyl adjacent to an activating group) is 1.